The standard InChI is InChI=1S/C24H31N3O3Si/c1-6-27-22(15-17(2)26-27)23(30-24(28)19-11-13-29-14-12-19)21(16-25)18-7-9-20(10-8-18)31(3,4)5/h7-10,15,19H,6,11-14H2,1-5H3. The molecule has 164 valence electrons. The lowest BCUT2D eigenvalue weighted by atomic mass is 10.0. The fourth-order valence-electron chi connectivity index (χ4n) is 3.70. The van der Waals surface area contributed by atoms with Crippen LogP contribution in [0.4, 0.5) is 0 Å². The molecular formula is C24H31N3O3Si. The molecule has 0 amide bonds. The molecule has 2 heterocycles. The number of carbonyl (C=O) groups excluding carboxylic acids is 1. The van der Waals surface area contributed by atoms with Crippen LogP contribution >= 0.6 is 0 Å². The third-order valence-corrected chi connectivity index (χ3v) is 7.64. The van der Waals surface area contributed by atoms with Crippen molar-refractivity contribution in [3.63, 3.8) is 0 Å². The second-order valence-corrected chi connectivity index (χ2v) is 14.0. The molecule has 1 aliphatic rings. The number of ether oxygens (including phenoxy) is 2. The van der Waals surface area contributed by atoms with Crippen LogP contribution in [0.25, 0.3) is 11.3 Å². The Morgan fingerprint density at radius 1 is 1.26 bits per heavy atom. The average molecular weight is 438 g/mol. The van der Waals surface area contributed by atoms with Gasteiger partial charge in [-0.15, -0.1) is 0 Å². The Morgan fingerprint density at radius 3 is 2.45 bits per heavy atom. The van der Waals surface area contributed by atoms with Gasteiger partial charge in [-0.2, -0.15) is 10.4 Å². The second kappa shape index (κ2) is 9.63. The van der Waals surface area contributed by atoms with Crippen LogP contribution in [0.5, 0.6) is 0 Å². The normalized spacial score (nSPS) is 15.9. The van der Waals surface area contributed by atoms with Crippen molar-refractivity contribution in [3.8, 4) is 6.07 Å². The molecule has 31 heavy (non-hydrogen) atoms. The summed E-state index contributed by atoms with van der Waals surface area (Å²) >= 11 is 0. The maximum atomic E-state index is 13.0. The first kappa shape index (κ1) is 23.0. The molecule has 0 aliphatic carbocycles. The van der Waals surface area contributed by atoms with Crippen molar-refractivity contribution in [2.45, 2.75) is 52.9 Å². The molecule has 1 fully saturated rings. The Balaban J connectivity index is 2.09. The van der Waals surface area contributed by atoms with Crippen molar-refractivity contribution in [2.75, 3.05) is 13.2 Å². The van der Waals surface area contributed by atoms with Gasteiger partial charge in [0.2, 0.25) is 0 Å². The van der Waals surface area contributed by atoms with Gasteiger partial charge in [-0.25, -0.2) is 0 Å². The van der Waals surface area contributed by atoms with Gasteiger partial charge in [-0.05, 0) is 38.3 Å². The molecule has 6 nitrogen and oxygen atoms in total. The third-order valence-electron chi connectivity index (χ3n) is 5.57. The van der Waals surface area contributed by atoms with E-state index in [9.17, 15) is 10.1 Å². The molecule has 0 saturated carbocycles. The highest BCUT2D eigenvalue weighted by Gasteiger charge is 2.28. The number of hydrogen-bond acceptors (Lipinski definition) is 5. The van der Waals surface area contributed by atoms with Crippen LogP contribution in [-0.2, 0) is 20.8 Å². The first-order valence-electron chi connectivity index (χ1n) is 10.8. The number of carbonyl (C=O) groups is 1. The third kappa shape index (κ3) is 5.33. The Hall–Kier alpha value is -2.69. The molecule has 1 aromatic carbocycles. The monoisotopic (exact) mass is 437 g/mol. The van der Waals surface area contributed by atoms with E-state index >= 15 is 0 Å². The molecule has 0 radical (unpaired) electrons. The number of nitrogens with zero attached hydrogens (tertiary/aromatic N) is 3. The van der Waals surface area contributed by atoms with E-state index in [1.807, 2.05) is 32.0 Å². The quantitative estimate of drug-likeness (QED) is 0.294. The second-order valence-electron chi connectivity index (χ2n) is 8.94. The van der Waals surface area contributed by atoms with E-state index in [1.54, 1.807) is 4.68 Å². The van der Waals surface area contributed by atoms with E-state index in [4.69, 9.17) is 9.47 Å². The highest BCUT2D eigenvalue weighted by atomic mass is 28.3. The summed E-state index contributed by atoms with van der Waals surface area (Å²) in [7, 11) is -1.46. The fraction of sp³-hybridized carbons (Fsp3) is 0.458. The van der Waals surface area contributed by atoms with Gasteiger partial charge >= 0.3 is 5.97 Å². The summed E-state index contributed by atoms with van der Waals surface area (Å²) in [5.74, 6) is -0.259. The molecule has 0 spiro atoms. The Kier molecular flexibility index (Phi) is 7.14. The minimum absolute atomic E-state index is 0.225. The van der Waals surface area contributed by atoms with E-state index < -0.39 is 8.07 Å². The van der Waals surface area contributed by atoms with E-state index in [1.165, 1.54) is 5.19 Å². The average Bonchev–Trinajstić information content (AvgIpc) is 3.14. The zero-order chi connectivity index (χ0) is 22.6. The highest BCUT2D eigenvalue weighted by Crippen LogP contribution is 2.30. The van der Waals surface area contributed by atoms with Gasteiger partial charge in [-0.1, -0.05) is 49.1 Å². The lowest BCUT2D eigenvalue weighted by molar-refractivity contribution is -0.144. The van der Waals surface area contributed by atoms with Gasteiger partial charge < -0.3 is 9.47 Å². The molecule has 0 bridgehead atoms. The van der Waals surface area contributed by atoms with E-state index in [0.717, 1.165) is 11.3 Å². The molecule has 1 saturated heterocycles. The van der Waals surface area contributed by atoms with Crippen LogP contribution in [0.3, 0.4) is 0 Å². The Morgan fingerprint density at radius 2 is 1.90 bits per heavy atom. The zero-order valence-corrected chi connectivity index (χ0v) is 20.1. The van der Waals surface area contributed by atoms with Crippen LogP contribution in [0.1, 0.15) is 36.7 Å². The van der Waals surface area contributed by atoms with Gasteiger partial charge in [0.1, 0.15) is 17.3 Å². The Labute approximate surface area is 185 Å². The van der Waals surface area contributed by atoms with Crippen LogP contribution in [0, 0.1) is 24.2 Å². The largest absolute Gasteiger partial charge is 0.423 e. The van der Waals surface area contributed by atoms with Crippen molar-refractivity contribution >= 4 is 30.6 Å². The molecular weight excluding hydrogens is 406 g/mol. The molecule has 2 aromatic rings. The zero-order valence-electron chi connectivity index (χ0n) is 19.1. The maximum absolute atomic E-state index is 13.0. The Bertz CT molecular complexity index is 1000. The number of nitriles is 1. The summed E-state index contributed by atoms with van der Waals surface area (Å²) in [6.07, 6.45) is 1.26. The number of rotatable bonds is 6. The molecule has 1 aromatic heterocycles. The number of aromatic nitrogens is 2. The summed E-state index contributed by atoms with van der Waals surface area (Å²) in [6, 6.07) is 12.2. The minimum Gasteiger partial charge on any atom is -0.423 e. The van der Waals surface area contributed by atoms with Crippen LogP contribution in [0.15, 0.2) is 30.3 Å². The minimum atomic E-state index is -1.46. The van der Waals surface area contributed by atoms with E-state index in [-0.39, 0.29) is 17.6 Å². The maximum Gasteiger partial charge on any atom is 0.314 e. The lowest BCUT2D eigenvalue weighted by Crippen LogP contribution is -2.37. The van der Waals surface area contributed by atoms with Crippen LogP contribution in [-0.4, -0.2) is 37.0 Å². The highest BCUT2D eigenvalue weighted by molar-refractivity contribution is 6.88. The number of aryl methyl sites for hydroxylation is 2. The molecule has 0 atom stereocenters. The molecule has 3 rings (SSSR count). The lowest BCUT2D eigenvalue weighted by Gasteiger charge is -2.22. The fourth-order valence-corrected chi connectivity index (χ4v) is 4.87. The summed E-state index contributed by atoms with van der Waals surface area (Å²) in [6.45, 7) is 12.4. The molecule has 7 heteroatoms. The smallest absolute Gasteiger partial charge is 0.314 e. The summed E-state index contributed by atoms with van der Waals surface area (Å²) in [5, 5.41) is 15.9. The van der Waals surface area contributed by atoms with Gasteiger partial charge in [0, 0.05) is 19.8 Å². The van der Waals surface area contributed by atoms with Gasteiger partial charge in [0.05, 0.1) is 19.7 Å². The summed E-state index contributed by atoms with van der Waals surface area (Å²) < 4.78 is 13.1. The van der Waals surface area contributed by atoms with Gasteiger partial charge in [0.15, 0.2) is 5.76 Å². The van der Waals surface area contributed by atoms with E-state index in [2.05, 4.69) is 42.9 Å². The summed E-state index contributed by atoms with van der Waals surface area (Å²) in [5.41, 5.74) is 2.53. The number of hydrogen-bond donors (Lipinski definition) is 0. The molecule has 0 N–H and O–H groups in total. The van der Waals surface area contributed by atoms with Crippen molar-refractivity contribution < 1.29 is 14.3 Å². The predicted octanol–water partition coefficient (Wildman–Crippen LogP) is 4.12. The summed E-state index contributed by atoms with van der Waals surface area (Å²) in [4.78, 5) is 13.0. The number of allylic oxidation sites excluding steroid dienone is 1. The SMILES string of the molecule is CCn1nc(C)cc1C(OC(=O)C1CCOCC1)=C(C#N)c1ccc([Si](C)(C)C)cc1. The number of esters is 1. The van der Waals surface area contributed by atoms with Gasteiger partial charge in [0.25, 0.3) is 0 Å². The van der Waals surface area contributed by atoms with Crippen molar-refractivity contribution in [3.05, 3.63) is 47.3 Å². The molecule has 1 aliphatic heterocycles. The first-order valence-corrected chi connectivity index (χ1v) is 14.3. The van der Waals surface area contributed by atoms with Crippen LogP contribution in [0.2, 0.25) is 19.6 Å². The molecule has 0 unspecified atom stereocenters. The first-order chi connectivity index (χ1) is 14.7. The van der Waals surface area contributed by atoms with Crippen molar-refractivity contribution in [2.24, 2.45) is 5.92 Å². The van der Waals surface area contributed by atoms with Crippen LogP contribution < -0.4 is 5.19 Å². The van der Waals surface area contributed by atoms with Gasteiger partial charge in [-0.3, -0.25) is 9.48 Å². The topological polar surface area (TPSA) is 77.1 Å². The predicted molar refractivity (Wildman–Crippen MR) is 124 cm³/mol. The van der Waals surface area contributed by atoms with E-state index in [0.29, 0.717) is 43.9 Å². The van der Waals surface area contributed by atoms with Crippen molar-refractivity contribution in [1.29, 1.82) is 5.26 Å². The number of benzene rings is 1. The van der Waals surface area contributed by atoms with Crippen molar-refractivity contribution in [1.82, 2.24) is 9.78 Å².